The molecule has 1 saturated heterocycles. The molecule has 0 aromatic heterocycles. The summed E-state index contributed by atoms with van der Waals surface area (Å²) < 4.78 is 0. The van der Waals surface area contributed by atoms with Gasteiger partial charge in [0, 0.05) is 23.6 Å². The molecule has 4 heteroatoms. The molecular formula is C13H24N2OS. The molecule has 0 radical (unpaired) electrons. The van der Waals surface area contributed by atoms with Crippen LogP contribution < -0.4 is 5.73 Å². The normalized spacial score (nSPS) is 27.1. The average molecular weight is 256 g/mol. The predicted molar refractivity (Wildman–Crippen MR) is 73.1 cm³/mol. The third-order valence-corrected chi connectivity index (χ3v) is 5.47. The van der Waals surface area contributed by atoms with Crippen molar-refractivity contribution in [1.82, 2.24) is 4.90 Å². The molecule has 0 aromatic rings. The number of hydrogen-bond acceptors (Lipinski definition) is 3. The molecular weight excluding hydrogens is 232 g/mol. The number of piperidine rings is 1. The predicted octanol–water partition coefficient (Wildman–Crippen LogP) is 2.00. The number of amides is 1. The fraction of sp³-hybridized carbons (Fsp3) is 0.923. The highest BCUT2D eigenvalue weighted by molar-refractivity contribution is 8.00. The van der Waals surface area contributed by atoms with Crippen LogP contribution in [0.4, 0.5) is 0 Å². The topological polar surface area (TPSA) is 46.3 Å². The first-order valence-electron chi connectivity index (χ1n) is 6.93. The quantitative estimate of drug-likeness (QED) is 0.840. The van der Waals surface area contributed by atoms with Crippen LogP contribution in [0, 0.1) is 0 Å². The Morgan fingerprint density at radius 3 is 2.53 bits per heavy atom. The summed E-state index contributed by atoms with van der Waals surface area (Å²) in [6, 6.07) is 0. The molecule has 2 fully saturated rings. The van der Waals surface area contributed by atoms with Gasteiger partial charge in [-0.2, -0.15) is 11.8 Å². The molecule has 2 rings (SSSR count). The highest BCUT2D eigenvalue weighted by Crippen LogP contribution is 2.34. The van der Waals surface area contributed by atoms with Gasteiger partial charge in [0.15, 0.2) is 0 Å². The van der Waals surface area contributed by atoms with E-state index >= 15 is 0 Å². The van der Waals surface area contributed by atoms with Crippen LogP contribution in [0.25, 0.3) is 0 Å². The Balaban J connectivity index is 1.78. The molecule has 17 heavy (non-hydrogen) atoms. The monoisotopic (exact) mass is 256 g/mol. The first-order chi connectivity index (χ1) is 8.29. The van der Waals surface area contributed by atoms with Crippen LogP contribution >= 0.6 is 11.8 Å². The van der Waals surface area contributed by atoms with Crippen LogP contribution in [0.15, 0.2) is 0 Å². The van der Waals surface area contributed by atoms with E-state index in [2.05, 4.69) is 11.8 Å². The maximum atomic E-state index is 11.6. The van der Waals surface area contributed by atoms with Crippen molar-refractivity contribution in [2.75, 3.05) is 19.6 Å². The standard InChI is InChI=1S/C13H24N2OS/c14-9-13(16)15-8-4-7-12(10-15)17-11-5-2-1-3-6-11/h11-12H,1-10,14H2. The van der Waals surface area contributed by atoms with Gasteiger partial charge in [-0.25, -0.2) is 0 Å². The van der Waals surface area contributed by atoms with E-state index in [1.165, 1.54) is 38.5 Å². The van der Waals surface area contributed by atoms with E-state index in [-0.39, 0.29) is 12.5 Å². The minimum absolute atomic E-state index is 0.124. The summed E-state index contributed by atoms with van der Waals surface area (Å²) in [7, 11) is 0. The van der Waals surface area contributed by atoms with Crippen molar-refractivity contribution in [3.05, 3.63) is 0 Å². The fourth-order valence-corrected chi connectivity index (χ4v) is 4.60. The molecule has 1 aliphatic carbocycles. The Labute approximate surface area is 108 Å². The molecule has 2 aliphatic rings. The number of hydrogen-bond donors (Lipinski definition) is 1. The molecule has 1 heterocycles. The molecule has 98 valence electrons. The second kappa shape index (κ2) is 6.64. The van der Waals surface area contributed by atoms with E-state index in [1.54, 1.807) is 0 Å². The smallest absolute Gasteiger partial charge is 0.236 e. The number of nitrogens with zero attached hydrogens (tertiary/aromatic N) is 1. The maximum Gasteiger partial charge on any atom is 0.236 e. The third-order valence-electron chi connectivity index (χ3n) is 3.84. The van der Waals surface area contributed by atoms with Crippen molar-refractivity contribution in [3.63, 3.8) is 0 Å². The molecule has 0 spiro atoms. The number of carbonyl (C=O) groups is 1. The van der Waals surface area contributed by atoms with E-state index in [0.717, 1.165) is 24.8 Å². The largest absolute Gasteiger partial charge is 0.340 e. The summed E-state index contributed by atoms with van der Waals surface area (Å²) in [6.07, 6.45) is 9.40. The molecule has 1 aliphatic heterocycles. The van der Waals surface area contributed by atoms with E-state index in [9.17, 15) is 4.79 Å². The molecule has 3 nitrogen and oxygen atoms in total. The van der Waals surface area contributed by atoms with Crippen LogP contribution in [0.5, 0.6) is 0 Å². The Morgan fingerprint density at radius 1 is 1.12 bits per heavy atom. The number of likely N-dealkylation sites (tertiary alicyclic amines) is 1. The van der Waals surface area contributed by atoms with Gasteiger partial charge in [-0.3, -0.25) is 4.79 Å². The van der Waals surface area contributed by atoms with Crippen LogP contribution in [-0.2, 0) is 4.79 Å². The molecule has 1 amide bonds. The minimum atomic E-state index is 0.124. The second-order valence-corrected chi connectivity index (χ2v) is 6.81. The van der Waals surface area contributed by atoms with E-state index in [0.29, 0.717) is 5.25 Å². The highest BCUT2D eigenvalue weighted by atomic mass is 32.2. The summed E-state index contributed by atoms with van der Waals surface area (Å²) in [6.45, 7) is 2.01. The lowest BCUT2D eigenvalue weighted by atomic mass is 10.0. The van der Waals surface area contributed by atoms with Gasteiger partial charge < -0.3 is 10.6 Å². The van der Waals surface area contributed by atoms with Crippen molar-refractivity contribution in [3.8, 4) is 0 Å². The Morgan fingerprint density at radius 2 is 1.82 bits per heavy atom. The first-order valence-corrected chi connectivity index (χ1v) is 7.87. The van der Waals surface area contributed by atoms with Gasteiger partial charge in [0.1, 0.15) is 0 Å². The van der Waals surface area contributed by atoms with Gasteiger partial charge in [0.25, 0.3) is 0 Å². The molecule has 2 N–H and O–H groups in total. The van der Waals surface area contributed by atoms with Crippen LogP contribution in [0.2, 0.25) is 0 Å². The summed E-state index contributed by atoms with van der Waals surface area (Å²) in [5.74, 6) is 0.124. The number of nitrogens with two attached hydrogens (primary N) is 1. The summed E-state index contributed by atoms with van der Waals surface area (Å²) in [5.41, 5.74) is 5.43. The van der Waals surface area contributed by atoms with Gasteiger partial charge in [0.2, 0.25) is 5.91 Å². The van der Waals surface area contributed by atoms with Gasteiger partial charge >= 0.3 is 0 Å². The van der Waals surface area contributed by atoms with E-state index < -0.39 is 0 Å². The van der Waals surface area contributed by atoms with Crippen molar-refractivity contribution >= 4 is 17.7 Å². The van der Waals surface area contributed by atoms with Crippen LogP contribution in [0.3, 0.4) is 0 Å². The van der Waals surface area contributed by atoms with Gasteiger partial charge in [-0.15, -0.1) is 0 Å². The van der Waals surface area contributed by atoms with Crippen molar-refractivity contribution < 1.29 is 4.79 Å². The number of thioether (sulfide) groups is 1. The zero-order valence-corrected chi connectivity index (χ0v) is 11.4. The SMILES string of the molecule is NCC(=O)N1CCCC(SC2CCCCC2)C1. The lowest BCUT2D eigenvalue weighted by molar-refractivity contribution is -0.130. The highest BCUT2D eigenvalue weighted by Gasteiger charge is 2.26. The second-order valence-electron chi connectivity index (χ2n) is 5.20. The summed E-state index contributed by atoms with van der Waals surface area (Å²) >= 11 is 2.14. The first kappa shape index (κ1) is 13.2. The zero-order valence-electron chi connectivity index (χ0n) is 10.6. The lowest BCUT2D eigenvalue weighted by Gasteiger charge is -2.34. The lowest BCUT2D eigenvalue weighted by Crippen LogP contribution is -2.44. The Kier molecular flexibility index (Phi) is 5.16. The maximum absolute atomic E-state index is 11.6. The average Bonchev–Trinajstić information content (AvgIpc) is 2.39. The fourth-order valence-electron chi connectivity index (χ4n) is 2.88. The summed E-state index contributed by atoms with van der Waals surface area (Å²) in [4.78, 5) is 13.6. The Bertz CT molecular complexity index is 254. The van der Waals surface area contributed by atoms with Crippen LogP contribution in [-0.4, -0.2) is 40.9 Å². The molecule has 0 aromatic carbocycles. The van der Waals surface area contributed by atoms with Gasteiger partial charge in [-0.05, 0) is 25.7 Å². The van der Waals surface area contributed by atoms with Crippen molar-refractivity contribution in [1.29, 1.82) is 0 Å². The molecule has 1 atom stereocenters. The van der Waals surface area contributed by atoms with Gasteiger partial charge in [-0.1, -0.05) is 19.3 Å². The minimum Gasteiger partial charge on any atom is -0.340 e. The van der Waals surface area contributed by atoms with Gasteiger partial charge in [0.05, 0.1) is 6.54 Å². The van der Waals surface area contributed by atoms with Crippen LogP contribution in [0.1, 0.15) is 44.9 Å². The zero-order chi connectivity index (χ0) is 12.1. The summed E-state index contributed by atoms with van der Waals surface area (Å²) in [5, 5.41) is 1.50. The Hall–Kier alpha value is -0.220. The van der Waals surface area contributed by atoms with E-state index in [4.69, 9.17) is 5.73 Å². The molecule has 1 saturated carbocycles. The van der Waals surface area contributed by atoms with Crippen molar-refractivity contribution in [2.45, 2.75) is 55.4 Å². The van der Waals surface area contributed by atoms with E-state index in [1.807, 2.05) is 4.90 Å². The number of carbonyl (C=O) groups excluding carboxylic acids is 1. The third kappa shape index (κ3) is 3.88. The number of rotatable bonds is 3. The molecule has 0 bridgehead atoms. The molecule has 1 unspecified atom stereocenters. The van der Waals surface area contributed by atoms with Crippen molar-refractivity contribution in [2.24, 2.45) is 5.73 Å².